The Morgan fingerprint density at radius 1 is 1.27 bits per heavy atom. The smallest absolute Gasteiger partial charge is 0.195 e. The summed E-state index contributed by atoms with van der Waals surface area (Å²) >= 11 is 0. The van der Waals surface area contributed by atoms with Crippen LogP contribution in [0.15, 0.2) is 0 Å². The maximum absolute atomic E-state index is 12.4. The van der Waals surface area contributed by atoms with E-state index in [1.54, 1.807) is 0 Å². The van der Waals surface area contributed by atoms with Gasteiger partial charge in [0, 0.05) is 0 Å². The van der Waals surface area contributed by atoms with Crippen LogP contribution in [0.2, 0.25) is 0 Å². The molecule has 0 saturated heterocycles. The Hall–Kier alpha value is -0.120. The standard InChI is InChI=1S/C7H11FO2S/c8-11(9,10)7-4-5-2-1-3-6(5)7/h5-7H,1-4H2/t5-,6-,7?/m0/s1. The molecular weight excluding hydrogens is 167 g/mol. The van der Waals surface area contributed by atoms with Crippen LogP contribution >= 0.6 is 0 Å². The zero-order valence-electron chi connectivity index (χ0n) is 6.16. The Bertz CT molecular complexity index is 260. The van der Waals surface area contributed by atoms with E-state index in [9.17, 15) is 12.3 Å². The van der Waals surface area contributed by atoms with E-state index in [1.165, 1.54) is 0 Å². The second kappa shape index (κ2) is 2.19. The Morgan fingerprint density at radius 2 is 2.00 bits per heavy atom. The molecule has 11 heavy (non-hydrogen) atoms. The zero-order chi connectivity index (χ0) is 8.06. The van der Waals surface area contributed by atoms with Gasteiger partial charge < -0.3 is 0 Å². The van der Waals surface area contributed by atoms with Crippen LogP contribution in [0.5, 0.6) is 0 Å². The molecule has 2 nitrogen and oxygen atoms in total. The van der Waals surface area contributed by atoms with Crippen molar-refractivity contribution in [2.24, 2.45) is 11.8 Å². The summed E-state index contributed by atoms with van der Waals surface area (Å²) in [5.74, 6) is 0.676. The number of hydrogen-bond donors (Lipinski definition) is 0. The molecule has 1 unspecified atom stereocenters. The number of rotatable bonds is 1. The average Bonchev–Trinajstić information content (AvgIpc) is 2.08. The maximum atomic E-state index is 12.4. The van der Waals surface area contributed by atoms with Crippen LogP contribution in [0.1, 0.15) is 25.7 Å². The molecule has 0 aliphatic heterocycles. The van der Waals surface area contributed by atoms with Crippen LogP contribution in [-0.4, -0.2) is 13.7 Å². The Labute approximate surface area is 66.0 Å². The van der Waals surface area contributed by atoms with Crippen molar-refractivity contribution in [3.8, 4) is 0 Å². The van der Waals surface area contributed by atoms with E-state index in [4.69, 9.17) is 0 Å². The molecule has 2 rings (SSSR count). The molecule has 2 fully saturated rings. The normalized spacial score (nSPS) is 43.2. The molecule has 0 N–H and O–H groups in total. The lowest BCUT2D eigenvalue weighted by Crippen LogP contribution is -2.41. The molecule has 3 atom stereocenters. The summed E-state index contributed by atoms with van der Waals surface area (Å²) < 4.78 is 33.4. The second-order valence-electron chi connectivity index (χ2n) is 3.60. The predicted octanol–water partition coefficient (Wildman–Crippen LogP) is 1.47. The van der Waals surface area contributed by atoms with Crippen molar-refractivity contribution in [2.45, 2.75) is 30.9 Å². The Balaban J connectivity index is 2.12. The Kier molecular flexibility index (Phi) is 1.50. The molecule has 2 aliphatic carbocycles. The predicted molar refractivity (Wildman–Crippen MR) is 39.3 cm³/mol. The molecule has 0 radical (unpaired) electrons. The fourth-order valence-corrected chi connectivity index (χ4v) is 3.70. The molecule has 0 aromatic rings. The van der Waals surface area contributed by atoms with Crippen molar-refractivity contribution in [3.63, 3.8) is 0 Å². The van der Waals surface area contributed by atoms with Crippen LogP contribution in [-0.2, 0) is 10.2 Å². The van der Waals surface area contributed by atoms with Gasteiger partial charge in [0.25, 0.3) is 0 Å². The highest BCUT2D eigenvalue weighted by Crippen LogP contribution is 2.50. The van der Waals surface area contributed by atoms with Gasteiger partial charge in [0.05, 0.1) is 5.25 Å². The molecule has 2 saturated carbocycles. The first-order valence-electron chi connectivity index (χ1n) is 4.02. The van der Waals surface area contributed by atoms with Gasteiger partial charge in [-0.2, -0.15) is 8.42 Å². The highest BCUT2D eigenvalue weighted by atomic mass is 32.3. The Morgan fingerprint density at radius 3 is 2.55 bits per heavy atom. The summed E-state index contributed by atoms with van der Waals surface area (Å²) in [5, 5.41) is -0.644. The van der Waals surface area contributed by atoms with Gasteiger partial charge >= 0.3 is 10.2 Å². The molecule has 64 valence electrons. The van der Waals surface area contributed by atoms with Crippen molar-refractivity contribution >= 4 is 10.2 Å². The van der Waals surface area contributed by atoms with E-state index in [1.807, 2.05) is 0 Å². The molecule has 0 amide bonds. The minimum absolute atomic E-state index is 0.157. The third-order valence-corrected chi connectivity index (χ3v) is 4.36. The van der Waals surface area contributed by atoms with Crippen LogP contribution in [0.4, 0.5) is 3.89 Å². The van der Waals surface area contributed by atoms with E-state index in [0.717, 1.165) is 19.3 Å². The lowest BCUT2D eigenvalue weighted by Gasteiger charge is -2.37. The quantitative estimate of drug-likeness (QED) is 0.570. The first-order valence-corrected chi connectivity index (χ1v) is 5.47. The maximum Gasteiger partial charge on any atom is 0.305 e. The molecule has 0 heterocycles. The molecule has 0 aromatic carbocycles. The van der Waals surface area contributed by atoms with Crippen LogP contribution < -0.4 is 0 Å². The first kappa shape index (κ1) is 7.53. The summed E-state index contributed by atoms with van der Waals surface area (Å²) in [6, 6.07) is 0. The van der Waals surface area contributed by atoms with Gasteiger partial charge in [0.1, 0.15) is 0 Å². The lowest BCUT2D eigenvalue weighted by molar-refractivity contribution is 0.218. The average molecular weight is 178 g/mol. The summed E-state index contributed by atoms with van der Waals surface area (Å²) in [5.41, 5.74) is 0. The lowest BCUT2D eigenvalue weighted by atomic mass is 9.76. The summed E-state index contributed by atoms with van der Waals surface area (Å²) in [7, 11) is -4.22. The van der Waals surface area contributed by atoms with Gasteiger partial charge in [0.2, 0.25) is 0 Å². The van der Waals surface area contributed by atoms with Gasteiger partial charge in [-0.1, -0.05) is 12.8 Å². The van der Waals surface area contributed by atoms with Crippen molar-refractivity contribution in [2.75, 3.05) is 0 Å². The molecule has 0 aromatic heterocycles. The van der Waals surface area contributed by atoms with E-state index < -0.39 is 15.5 Å². The van der Waals surface area contributed by atoms with Crippen LogP contribution in [0.25, 0.3) is 0 Å². The highest BCUT2D eigenvalue weighted by Gasteiger charge is 2.50. The monoisotopic (exact) mass is 178 g/mol. The third kappa shape index (κ3) is 1.08. The van der Waals surface area contributed by atoms with Gasteiger partial charge in [-0.15, -0.1) is 3.89 Å². The van der Waals surface area contributed by atoms with Crippen molar-refractivity contribution in [3.05, 3.63) is 0 Å². The minimum atomic E-state index is -4.22. The fourth-order valence-electron chi connectivity index (χ4n) is 2.45. The molecule has 4 heteroatoms. The van der Waals surface area contributed by atoms with Crippen LogP contribution in [0.3, 0.4) is 0 Å². The number of fused-ring (bicyclic) bond motifs is 1. The van der Waals surface area contributed by atoms with Gasteiger partial charge in [0.15, 0.2) is 0 Å². The summed E-state index contributed by atoms with van der Waals surface area (Å²) in [6.45, 7) is 0. The highest BCUT2D eigenvalue weighted by molar-refractivity contribution is 7.87. The van der Waals surface area contributed by atoms with Gasteiger partial charge in [-0.05, 0) is 24.7 Å². The molecule has 0 bridgehead atoms. The largest absolute Gasteiger partial charge is 0.305 e. The minimum Gasteiger partial charge on any atom is -0.195 e. The molecule has 2 aliphatic rings. The number of hydrogen-bond acceptors (Lipinski definition) is 2. The van der Waals surface area contributed by atoms with Crippen molar-refractivity contribution in [1.82, 2.24) is 0 Å². The van der Waals surface area contributed by atoms with E-state index in [0.29, 0.717) is 12.3 Å². The summed E-state index contributed by atoms with van der Waals surface area (Å²) in [4.78, 5) is 0. The van der Waals surface area contributed by atoms with Crippen molar-refractivity contribution < 1.29 is 12.3 Å². The van der Waals surface area contributed by atoms with Crippen LogP contribution in [0, 0.1) is 11.8 Å². The first-order chi connectivity index (χ1) is 5.09. The number of halogens is 1. The van der Waals surface area contributed by atoms with E-state index >= 15 is 0 Å². The van der Waals surface area contributed by atoms with E-state index in [2.05, 4.69) is 0 Å². The summed E-state index contributed by atoms with van der Waals surface area (Å²) in [6.07, 6.45) is 3.68. The SMILES string of the molecule is O=S(=O)(F)C1C[C@@H]2CCC[C@H]12. The van der Waals surface area contributed by atoms with Crippen molar-refractivity contribution in [1.29, 1.82) is 0 Å². The molecular formula is C7H11FO2S. The second-order valence-corrected chi connectivity index (χ2v) is 5.16. The zero-order valence-corrected chi connectivity index (χ0v) is 6.98. The molecule has 0 spiro atoms. The van der Waals surface area contributed by atoms with Gasteiger partial charge in [-0.3, -0.25) is 0 Å². The van der Waals surface area contributed by atoms with E-state index in [-0.39, 0.29) is 5.92 Å². The fraction of sp³-hybridized carbons (Fsp3) is 1.00. The van der Waals surface area contributed by atoms with Gasteiger partial charge in [-0.25, -0.2) is 0 Å². The third-order valence-electron chi connectivity index (χ3n) is 3.09. The topological polar surface area (TPSA) is 34.1 Å².